The standard InChI is InChI=1S/C17H16ClN5/c1-12-8-13-4-6-22(10-14(13)15(18)9-12)16-2-3-17(21-20-16)23-7-5-19-11-23/h2-3,5,7-9,11H,4,6,10H2,1H3. The van der Waals surface area contributed by atoms with E-state index in [1.807, 2.05) is 29.0 Å². The molecule has 1 aromatic carbocycles. The van der Waals surface area contributed by atoms with Crippen molar-refractivity contribution in [2.24, 2.45) is 0 Å². The summed E-state index contributed by atoms with van der Waals surface area (Å²) in [5.74, 6) is 1.63. The maximum atomic E-state index is 6.42. The van der Waals surface area contributed by atoms with Crippen LogP contribution >= 0.6 is 11.6 Å². The van der Waals surface area contributed by atoms with E-state index in [0.717, 1.165) is 36.2 Å². The Morgan fingerprint density at radius 1 is 1.13 bits per heavy atom. The van der Waals surface area contributed by atoms with Crippen molar-refractivity contribution < 1.29 is 0 Å². The number of fused-ring (bicyclic) bond motifs is 1. The Kier molecular flexibility index (Phi) is 3.50. The summed E-state index contributed by atoms with van der Waals surface area (Å²) in [5.41, 5.74) is 3.75. The maximum absolute atomic E-state index is 6.42. The van der Waals surface area contributed by atoms with Gasteiger partial charge < -0.3 is 4.90 Å². The van der Waals surface area contributed by atoms with Gasteiger partial charge in [-0.15, -0.1) is 10.2 Å². The Hall–Kier alpha value is -2.40. The van der Waals surface area contributed by atoms with Gasteiger partial charge in [0.05, 0.1) is 0 Å². The van der Waals surface area contributed by atoms with Gasteiger partial charge in [-0.05, 0) is 48.2 Å². The van der Waals surface area contributed by atoms with Crippen molar-refractivity contribution in [1.29, 1.82) is 0 Å². The van der Waals surface area contributed by atoms with Gasteiger partial charge in [0, 0.05) is 30.5 Å². The van der Waals surface area contributed by atoms with E-state index in [4.69, 9.17) is 11.6 Å². The molecule has 0 bridgehead atoms. The maximum Gasteiger partial charge on any atom is 0.160 e. The molecule has 1 aliphatic heterocycles. The number of rotatable bonds is 2. The summed E-state index contributed by atoms with van der Waals surface area (Å²) >= 11 is 6.42. The van der Waals surface area contributed by atoms with Crippen LogP contribution in [0.15, 0.2) is 43.0 Å². The van der Waals surface area contributed by atoms with Crippen LogP contribution in [0.1, 0.15) is 16.7 Å². The van der Waals surface area contributed by atoms with E-state index in [1.165, 1.54) is 16.7 Å². The van der Waals surface area contributed by atoms with Gasteiger partial charge in [0.1, 0.15) is 6.33 Å². The van der Waals surface area contributed by atoms with Crippen molar-refractivity contribution in [3.63, 3.8) is 0 Å². The van der Waals surface area contributed by atoms with E-state index in [1.54, 1.807) is 12.5 Å². The normalized spacial score (nSPS) is 13.9. The molecule has 0 aliphatic carbocycles. The zero-order chi connectivity index (χ0) is 15.8. The summed E-state index contributed by atoms with van der Waals surface area (Å²) in [5, 5.41) is 9.49. The second kappa shape index (κ2) is 5.66. The predicted octanol–water partition coefficient (Wildman–Crippen LogP) is 3.19. The monoisotopic (exact) mass is 325 g/mol. The summed E-state index contributed by atoms with van der Waals surface area (Å²) in [6, 6.07) is 8.20. The Bertz CT molecular complexity index is 827. The molecule has 0 saturated carbocycles. The third-order valence-corrected chi connectivity index (χ3v) is 4.50. The van der Waals surface area contributed by atoms with Crippen LogP contribution in [0.3, 0.4) is 0 Å². The summed E-state index contributed by atoms with van der Waals surface area (Å²) in [4.78, 5) is 6.24. The van der Waals surface area contributed by atoms with E-state index in [9.17, 15) is 0 Å². The average molecular weight is 326 g/mol. The van der Waals surface area contributed by atoms with Crippen molar-refractivity contribution in [3.05, 3.63) is 64.7 Å². The number of aromatic nitrogens is 4. The summed E-state index contributed by atoms with van der Waals surface area (Å²) < 4.78 is 1.84. The van der Waals surface area contributed by atoms with Crippen molar-refractivity contribution >= 4 is 17.4 Å². The number of hydrogen-bond donors (Lipinski definition) is 0. The first kappa shape index (κ1) is 14.2. The van der Waals surface area contributed by atoms with Gasteiger partial charge in [-0.2, -0.15) is 0 Å². The molecular weight excluding hydrogens is 310 g/mol. The number of halogens is 1. The van der Waals surface area contributed by atoms with Crippen molar-refractivity contribution in [1.82, 2.24) is 19.7 Å². The molecule has 0 atom stereocenters. The molecule has 1 aliphatic rings. The molecular formula is C17H16ClN5. The minimum atomic E-state index is 0.761. The molecule has 3 heterocycles. The Morgan fingerprint density at radius 2 is 1.96 bits per heavy atom. The number of aryl methyl sites for hydroxylation is 1. The molecule has 116 valence electrons. The van der Waals surface area contributed by atoms with Gasteiger partial charge in [0.25, 0.3) is 0 Å². The van der Waals surface area contributed by atoms with Crippen LogP contribution in [0.4, 0.5) is 5.82 Å². The molecule has 0 radical (unpaired) electrons. The number of benzene rings is 1. The molecule has 0 fully saturated rings. The fraction of sp³-hybridized carbons (Fsp3) is 0.235. The number of imidazole rings is 1. The summed E-state index contributed by atoms with van der Waals surface area (Å²) in [7, 11) is 0. The Morgan fingerprint density at radius 3 is 2.70 bits per heavy atom. The highest BCUT2D eigenvalue weighted by atomic mass is 35.5. The third kappa shape index (κ3) is 2.68. The second-order valence-corrected chi connectivity index (χ2v) is 6.18. The molecule has 2 aromatic heterocycles. The van der Waals surface area contributed by atoms with E-state index >= 15 is 0 Å². The lowest BCUT2D eigenvalue weighted by atomic mass is 9.97. The highest BCUT2D eigenvalue weighted by Gasteiger charge is 2.20. The van der Waals surface area contributed by atoms with Gasteiger partial charge in [0.2, 0.25) is 0 Å². The lowest BCUT2D eigenvalue weighted by Gasteiger charge is -2.30. The fourth-order valence-electron chi connectivity index (χ4n) is 2.98. The minimum absolute atomic E-state index is 0.761. The molecule has 0 saturated heterocycles. The molecule has 0 spiro atoms. The number of hydrogen-bond acceptors (Lipinski definition) is 4. The Labute approximate surface area is 139 Å². The molecule has 0 N–H and O–H groups in total. The van der Waals surface area contributed by atoms with Gasteiger partial charge >= 0.3 is 0 Å². The fourth-order valence-corrected chi connectivity index (χ4v) is 3.34. The van der Waals surface area contributed by atoms with E-state index < -0.39 is 0 Å². The molecule has 23 heavy (non-hydrogen) atoms. The zero-order valence-electron chi connectivity index (χ0n) is 12.8. The summed E-state index contributed by atoms with van der Waals surface area (Å²) in [6.45, 7) is 3.78. The SMILES string of the molecule is Cc1cc(Cl)c2c(c1)CCN(c1ccc(-n3ccnc3)nn1)C2. The quantitative estimate of drug-likeness (QED) is 0.726. The lowest BCUT2D eigenvalue weighted by Crippen LogP contribution is -2.31. The largest absolute Gasteiger partial charge is 0.350 e. The molecule has 5 nitrogen and oxygen atoms in total. The average Bonchev–Trinajstić information content (AvgIpc) is 3.09. The van der Waals surface area contributed by atoms with Crippen LogP contribution in [0.2, 0.25) is 5.02 Å². The smallest absolute Gasteiger partial charge is 0.160 e. The van der Waals surface area contributed by atoms with E-state index in [-0.39, 0.29) is 0 Å². The van der Waals surface area contributed by atoms with Gasteiger partial charge in [0.15, 0.2) is 11.6 Å². The first-order chi connectivity index (χ1) is 11.2. The van der Waals surface area contributed by atoms with Crippen LogP contribution in [0, 0.1) is 6.92 Å². The minimum Gasteiger partial charge on any atom is -0.350 e. The van der Waals surface area contributed by atoms with Crippen molar-refractivity contribution in [3.8, 4) is 5.82 Å². The highest BCUT2D eigenvalue weighted by molar-refractivity contribution is 6.31. The zero-order valence-corrected chi connectivity index (χ0v) is 13.5. The number of nitrogens with zero attached hydrogens (tertiary/aromatic N) is 5. The van der Waals surface area contributed by atoms with Gasteiger partial charge in [-0.1, -0.05) is 17.7 Å². The van der Waals surface area contributed by atoms with Crippen molar-refractivity contribution in [2.45, 2.75) is 19.9 Å². The van der Waals surface area contributed by atoms with Gasteiger partial charge in [-0.3, -0.25) is 4.57 Å². The van der Waals surface area contributed by atoms with Crippen LogP contribution in [0.5, 0.6) is 0 Å². The first-order valence-corrected chi connectivity index (χ1v) is 7.93. The molecule has 0 amide bonds. The first-order valence-electron chi connectivity index (χ1n) is 7.55. The van der Waals surface area contributed by atoms with Crippen LogP contribution < -0.4 is 4.90 Å². The predicted molar refractivity (Wildman–Crippen MR) is 90.1 cm³/mol. The topological polar surface area (TPSA) is 46.8 Å². The molecule has 6 heteroatoms. The second-order valence-electron chi connectivity index (χ2n) is 5.78. The Balaban J connectivity index is 1.60. The van der Waals surface area contributed by atoms with E-state index in [2.05, 4.69) is 33.1 Å². The van der Waals surface area contributed by atoms with Crippen LogP contribution in [-0.4, -0.2) is 26.3 Å². The molecule has 3 aromatic rings. The summed E-state index contributed by atoms with van der Waals surface area (Å²) in [6.07, 6.45) is 6.26. The van der Waals surface area contributed by atoms with E-state index in [0.29, 0.717) is 0 Å². The molecule has 4 rings (SSSR count). The number of anilines is 1. The third-order valence-electron chi connectivity index (χ3n) is 4.16. The van der Waals surface area contributed by atoms with Gasteiger partial charge in [-0.25, -0.2) is 4.98 Å². The lowest BCUT2D eigenvalue weighted by molar-refractivity contribution is 0.710. The van der Waals surface area contributed by atoms with Crippen LogP contribution in [-0.2, 0) is 13.0 Å². The van der Waals surface area contributed by atoms with Crippen molar-refractivity contribution in [2.75, 3.05) is 11.4 Å². The van der Waals surface area contributed by atoms with Crippen LogP contribution in [0.25, 0.3) is 5.82 Å². The highest BCUT2D eigenvalue weighted by Crippen LogP contribution is 2.29. The molecule has 0 unspecified atom stereocenters.